The van der Waals surface area contributed by atoms with Gasteiger partial charge in [0, 0.05) is 26.2 Å². The van der Waals surface area contributed by atoms with E-state index in [1.54, 1.807) is 9.80 Å². The summed E-state index contributed by atoms with van der Waals surface area (Å²) in [7, 11) is 0. The molecule has 1 N–H and O–H groups in total. The Morgan fingerprint density at radius 3 is 2.40 bits per heavy atom. The highest BCUT2D eigenvalue weighted by Crippen LogP contribution is 2.10. The number of likely N-dealkylation sites (tertiary alicyclic amines) is 1. The van der Waals surface area contributed by atoms with Crippen molar-refractivity contribution >= 4 is 12.0 Å². The molecule has 5 nitrogen and oxygen atoms in total. The zero-order chi connectivity index (χ0) is 11.3. The smallest absolute Gasteiger partial charge is 0.320 e. The minimum Gasteiger partial charge on any atom is -0.481 e. The molecule has 0 aromatic rings. The molecule has 0 aromatic heterocycles. The molecule has 1 aliphatic heterocycles. The van der Waals surface area contributed by atoms with Crippen LogP contribution in [0.25, 0.3) is 0 Å². The van der Waals surface area contributed by atoms with E-state index >= 15 is 0 Å². The highest BCUT2D eigenvalue weighted by atomic mass is 16.4. The minimum absolute atomic E-state index is 0.0174. The molecule has 0 aromatic carbocycles. The van der Waals surface area contributed by atoms with Gasteiger partial charge in [-0.25, -0.2) is 4.79 Å². The van der Waals surface area contributed by atoms with E-state index in [1.807, 2.05) is 6.92 Å². The topological polar surface area (TPSA) is 60.9 Å². The Bertz CT molecular complexity index is 237. The number of aliphatic carboxylic acids is 1. The third-order valence-electron chi connectivity index (χ3n) is 2.62. The molecule has 0 atom stereocenters. The molecule has 1 rings (SSSR count). The van der Waals surface area contributed by atoms with Crippen molar-refractivity contribution in [3.05, 3.63) is 0 Å². The van der Waals surface area contributed by atoms with Gasteiger partial charge in [-0.2, -0.15) is 0 Å². The fourth-order valence-electron chi connectivity index (χ4n) is 1.73. The Hall–Kier alpha value is -1.26. The van der Waals surface area contributed by atoms with Gasteiger partial charge in [0.1, 0.15) is 0 Å². The zero-order valence-corrected chi connectivity index (χ0v) is 9.11. The zero-order valence-electron chi connectivity index (χ0n) is 9.11. The van der Waals surface area contributed by atoms with Gasteiger partial charge in [-0.3, -0.25) is 4.79 Å². The van der Waals surface area contributed by atoms with Crippen molar-refractivity contribution in [2.24, 2.45) is 0 Å². The Labute approximate surface area is 89.7 Å². The van der Waals surface area contributed by atoms with Crippen LogP contribution in [-0.4, -0.2) is 53.1 Å². The van der Waals surface area contributed by atoms with Gasteiger partial charge in [-0.15, -0.1) is 0 Å². The monoisotopic (exact) mass is 214 g/mol. The maximum absolute atomic E-state index is 11.8. The molecule has 5 heteroatoms. The first-order chi connectivity index (χ1) is 7.15. The summed E-state index contributed by atoms with van der Waals surface area (Å²) in [6.07, 6.45) is 2.14. The predicted octanol–water partition coefficient (Wildman–Crippen LogP) is 0.999. The summed E-state index contributed by atoms with van der Waals surface area (Å²) in [6.45, 7) is 4.37. The van der Waals surface area contributed by atoms with Gasteiger partial charge < -0.3 is 14.9 Å². The first-order valence-corrected chi connectivity index (χ1v) is 5.40. The van der Waals surface area contributed by atoms with Crippen molar-refractivity contribution in [2.45, 2.75) is 26.2 Å². The standard InChI is InChI=1S/C10H18N2O3/c1-2-11(8-5-9(13)14)10(15)12-6-3-4-7-12/h2-8H2,1H3,(H,13,14). The second kappa shape index (κ2) is 5.58. The number of hydrogen-bond acceptors (Lipinski definition) is 2. The number of amides is 2. The van der Waals surface area contributed by atoms with E-state index in [1.165, 1.54) is 0 Å². The number of carbonyl (C=O) groups is 2. The van der Waals surface area contributed by atoms with Gasteiger partial charge in [0.2, 0.25) is 0 Å². The normalized spacial score (nSPS) is 15.4. The summed E-state index contributed by atoms with van der Waals surface area (Å²) in [5.74, 6) is -0.859. The largest absolute Gasteiger partial charge is 0.481 e. The SMILES string of the molecule is CCN(CCC(=O)O)C(=O)N1CCCC1. The number of nitrogens with zero attached hydrogens (tertiary/aromatic N) is 2. The van der Waals surface area contributed by atoms with Crippen LogP contribution in [0.4, 0.5) is 4.79 Å². The van der Waals surface area contributed by atoms with Crippen LogP contribution in [0.3, 0.4) is 0 Å². The van der Waals surface area contributed by atoms with Gasteiger partial charge in [-0.05, 0) is 19.8 Å². The van der Waals surface area contributed by atoms with E-state index in [4.69, 9.17) is 5.11 Å². The second-order valence-electron chi connectivity index (χ2n) is 3.70. The lowest BCUT2D eigenvalue weighted by molar-refractivity contribution is -0.137. The first-order valence-electron chi connectivity index (χ1n) is 5.40. The quantitative estimate of drug-likeness (QED) is 0.759. The molecule has 0 aliphatic carbocycles. The third-order valence-corrected chi connectivity index (χ3v) is 2.62. The fraction of sp³-hybridized carbons (Fsp3) is 0.800. The van der Waals surface area contributed by atoms with Gasteiger partial charge >= 0.3 is 12.0 Å². The van der Waals surface area contributed by atoms with Crippen molar-refractivity contribution in [3.8, 4) is 0 Å². The van der Waals surface area contributed by atoms with Crippen LogP contribution in [0.15, 0.2) is 0 Å². The summed E-state index contributed by atoms with van der Waals surface area (Å²) >= 11 is 0. The lowest BCUT2D eigenvalue weighted by Crippen LogP contribution is -2.42. The first kappa shape index (κ1) is 11.8. The molecule has 0 radical (unpaired) electrons. The van der Waals surface area contributed by atoms with Crippen molar-refractivity contribution in [2.75, 3.05) is 26.2 Å². The molecule has 0 spiro atoms. The average molecular weight is 214 g/mol. The van der Waals surface area contributed by atoms with Crippen molar-refractivity contribution in [3.63, 3.8) is 0 Å². The van der Waals surface area contributed by atoms with Crippen LogP contribution in [0, 0.1) is 0 Å². The molecular weight excluding hydrogens is 196 g/mol. The average Bonchev–Trinajstić information content (AvgIpc) is 2.70. The van der Waals surface area contributed by atoms with E-state index in [2.05, 4.69) is 0 Å². The molecule has 86 valence electrons. The Morgan fingerprint density at radius 2 is 1.93 bits per heavy atom. The molecule has 0 bridgehead atoms. The maximum atomic E-state index is 11.8. The lowest BCUT2D eigenvalue weighted by atomic mass is 10.4. The third kappa shape index (κ3) is 3.42. The number of hydrogen-bond donors (Lipinski definition) is 1. The highest BCUT2D eigenvalue weighted by Gasteiger charge is 2.22. The van der Waals surface area contributed by atoms with Gasteiger partial charge in [0.05, 0.1) is 6.42 Å². The highest BCUT2D eigenvalue weighted by molar-refractivity contribution is 5.75. The predicted molar refractivity (Wildman–Crippen MR) is 55.7 cm³/mol. The lowest BCUT2D eigenvalue weighted by Gasteiger charge is -2.26. The minimum atomic E-state index is -0.859. The van der Waals surface area contributed by atoms with Crippen LogP contribution in [-0.2, 0) is 4.79 Å². The van der Waals surface area contributed by atoms with E-state index in [0.717, 1.165) is 25.9 Å². The Morgan fingerprint density at radius 1 is 1.33 bits per heavy atom. The molecule has 2 amide bonds. The van der Waals surface area contributed by atoms with Crippen LogP contribution >= 0.6 is 0 Å². The number of urea groups is 1. The van der Waals surface area contributed by atoms with E-state index in [0.29, 0.717) is 13.1 Å². The summed E-state index contributed by atoms with van der Waals surface area (Å²) in [5, 5.41) is 8.55. The number of carboxylic acid groups (broad SMARTS) is 1. The number of carboxylic acids is 1. The van der Waals surface area contributed by atoms with Gasteiger partial charge in [0.15, 0.2) is 0 Å². The molecule has 0 saturated carbocycles. The number of carbonyl (C=O) groups excluding carboxylic acids is 1. The van der Waals surface area contributed by atoms with Crippen LogP contribution in [0.5, 0.6) is 0 Å². The Kier molecular flexibility index (Phi) is 4.39. The molecule has 0 unspecified atom stereocenters. The number of rotatable bonds is 4. The fourth-order valence-corrected chi connectivity index (χ4v) is 1.73. The molecule has 1 heterocycles. The van der Waals surface area contributed by atoms with Gasteiger partial charge in [-0.1, -0.05) is 0 Å². The molecule has 15 heavy (non-hydrogen) atoms. The van der Waals surface area contributed by atoms with E-state index in [-0.39, 0.29) is 12.5 Å². The van der Waals surface area contributed by atoms with Crippen molar-refractivity contribution in [1.82, 2.24) is 9.80 Å². The molecule has 1 fully saturated rings. The van der Waals surface area contributed by atoms with E-state index < -0.39 is 5.97 Å². The van der Waals surface area contributed by atoms with Crippen LogP contribution in [0.1, 0.15) is 26.2 Å². The van der Waals surface area contributed by atoms with Crippen molar-refractivity contribution < 1.29 is 14.7 Å². The van der Waals surface area contributed by atoms with Crippen molar-refractivity contribution in [1.29, 1.82) is 0 Å². The van der Waals surface area contributed by atoms with Crippen LogP contribution in [0.2, 0.25) is 0 Å². The summed E-state index contributed by atoms with van der Waals surface area (Å²) < 4.78 is 0. The van der Waals surface area contributed by atoms with Crippen LogP contribution < -0.4 is 0 Å². The molecule has 1 aliphatic rings. The summed E-state index contributed by atoms with van der Waals surface area (Å²) in [6, 6.07) is -0.0174. The maximum Gasteiger partial charge on any atom is 0.320 e. The summed E-state index contributed by atoms with van der Waals surface area (Å²) in [4.78, 5) is 25.7. The van der Waals surface area contributed by atoms with E-state index in [9.17, 15) is 9.59 Å². The molecular formula is C10H18N2O3. The molecule has 1 saturated heterocycles. The van der Waals surface area contributed by atoms with Gasteiger partial charge in [0.25, 0.3) is 0 Å². The second-order valence-corrected chi connectivity index (χ2v) is 3.70. The summed E-state index contributed by atoms with van der Waals surface area (Å²) in [5.41, 5.74) is 0. The Balaban J connectivity index is 2.42.